The number of aromatic carboxylic acids is 2. The summed E-state index contributed by atoms with van der Waals surface area (Å²) in [5.74, 6) is -2.05. The number of benzene rings is 1. The third kappa shape index (κ3) is 15.9. The summed E-state index contributed by atoms with van der Waals surface area (Å²) >= 11 is 0. The summed E-state index contributed by atoms with van der Waals surface area (Å²) in [6, 6.07) is 2.60. The fourth-order valence-corrected chi connectivity index (χ4v) is 4.68. The summed E-state index contributed by atoms with van der Waals surface area (Å²) in [5.41, 5.74) is -0.276. The van der Waals surface area contributed by atoms with Crippen molar-refractivity contribution in [3.63, 3.8) is 0 Å². The summed E-state index contributed by atoms with van der Waals surface area (Å²) in [5, 5.41) is 19.2. The van der Waals surface area contributed by atoms with Crippen LogP contribution in [0, 0.1) is 0 Å². The van der Waals surface area contributed by atoms with E-state index in [4.69, 9.17) is 9.47 Å². The molecule has 2 N–H and O–H groups in total. The molecule has 0 unspecified atom stereocenters. The molecular weight excluding hydrogens is 480 g/mol. The normalized spacial score (nSPS) is 11.0. The summed E-state index contributed by atoms with van der Waals surface area (Å²) in [6.07, 6.45) is 24.1. The van der Waals surface area contributed by atoms with E-state index in [-0.39, 0.29) is 22.6 Å². The largest absolute Gasteiger partial charge is 0.493 e. The molecule has 218 valence electrons. The van der Waals surface area contributed by atoms with E-state index in [1.54, 1.807) is 0 Å². The molecule has 0 fully saturated rings. The summed E-state index contributed by atoms with van der Waals surface area (Å²) in [6.45, 7) is 5.27. The summed E-state index contributed by atoms with van der Waals surface area (Å²) in [7, 11) is 0. The van der Waals surface area contributed by atoms with Crippen molar-refractivity contribution >= 4 is 11.9 Å². The molecule has 1 aromatic carbocycles. The lowest BCUT2D eigenvalue weighted by atomic mass is 10.1. The van der Waals surface area contributed by atoms with Crippen LogP contribution < -0.4 is 9.47 Å². The second kappa shape index (κ2) is 22.7. The van der Waals surface area contributed by atoms with Gasteiger partial charge < -0.3 is 19.7 Å². The maximum absolute atomic E-state index is 11.8. The first-order chi connectivity index (χ1) is 18.5. The van der Waals surface area contributed by atoms with Gasteiger partial charge in [0.2, 0.25) is 0 Å². The zero-order valence-corrected chi connectivity index (χ0v) is 24.2. The third-order valence-corrected chi connectivity index (χ3v) is 7.05. The van der Waals surface area contributed by atoms with Crippen molar-refractivity contribution in [1.82, 2.24) is 0 Å². The van der Waals surface area contributed by atoms with Crippen molar-refractivity contribution in [1.29, 1.82) is 0 Å². The SMILES string of the molecule is CCCCCCCCCCCCOc1cc(OCCCCCCCCCCCC)c(C(=O)O)cc1C(=O)O. The smallest absolute Gasteiger partial charge is 0.339 e. The minimum atomic E-state index is -1.20. The van der Waals surface area contributed by atoms with Crippen LogP contribution in [-0.4, -0.2) is 35.4 Å². The number of carboxylic acids is 2. The van der Waals surface area contributed by atoms with Crippen LogP contribution in [0.4, 0.5) is 0 Å². The number of hydrogen-bond donors (Lipinski definition) is 2. The Hall–Kier alpha value is -2.24. The van der Waals surface area contributed by atoms with E-state index in [2.05, 4.69) is 13.8 Å². The highest BCUT2D eigenvalue weighted by Gasteiger charge is 2.21. The fourth-order valence-electron chi connectivity index (χ4n) is 4.68. The molecule has 38 heavy (non-hydrogen) atoms. The molecule has 0 spiro atoms. The van der Waals surface area contributed by atoms with Gasteiger partial charge in [0.1, 0.15) is 22.6 Å². The number of hydrogen-bond acceptors (Lipinski definition) is 4. The van der Waals surface area contributed by atoms with Crippen LogP contribution in [0.1, 0.15) is 163 Å². The molecule has 1 rings (SSSR count). The highest BCUT2D eigenvalue weighted by atomic mass is 16.5. The molecule has 0 saturated carbocycles. The second-order valence-corrected chi connectivity index (χ2v) is 10.5. The predicted octanol–water partition coefficient (Wildman–Crippen LogP) is 9.68. The van der Waals surface area contributed by atoms with Gasteiger partial charge in [0.05, 0.1) is 13.2 Å². The average molecular weight is 535 g/mol. The minimum Gasteiger partial charge on any atom is -0.493 e. The van der Waals surface area contributed by atoms with Gasteiger partial charge in [-0.25, -0.2) is 9.59 Å². The van der Waals surface area contributed by atoms with Crippen molar-refractivity contribution < 1.29 is 29.3 Å². The van der Waals surface area contributed by atoms with Crippen LogP contribution in [0.3, 0.4) is 0 Å². The molecule has 0 radical (unpaired) electrons. The van der Waals surface area contributed by atoms with Gasteiger partial charge in [-0.1, -0.05) is 129 Å². The van der Waals surface area contributed by atoms with Crippen LogP contribution in [0.5, 0.6) is 11.5 Å². The van der Waals surface area contributed by atoms with E-state index in [0.717, 1.165) is 44.6 Å². The molecular formula is C32H54O6. The first-order valence-electron chi connectivity index (χ1n) is 15.4. The molecule has 0 atom stereocenters. The molecule has 0 aliphatic carbocycles. The summed E-state index contributed by atoms with van der Waals surface area (Å²) < 4.78 is 11.6. The molecule has 0 aliphatic heterocycles. The third-order valence-electron chi connectivity index (χ3n) is 7.05. The van der Waals surface area contributed by atoms with Crippen molar-refractivity contribution in [3.05, 3.63) is 23.3 Å². The lowest BCUT2D eigenvalue weighted by Gasteiger charge is -2.15. The van der Waals surface area contributed by atoms with Gasteiger partial charge in [0.15, 0.2) is 0 Å². The maximum atomic E-state index is 11.8. The molecule has 1 aromatic rings. The Labute approximate surface area is 231 Å². The van der Waals surface area contributed by atoms with Gasteiger partial charge in [-0.05, 0) is 18.9 Å². The number of carboxylic acid groups (broad SMARTS) is 2. The lowest BCUT2D eigenvalue weighted by Crippen LogP contribution is -2.10. The van der Waals surface area contributed by atoms with Crippen molar-refractivity contribution in [2.24, 2.45) is 0 Å². The highest BCUT2D eigenvalue weighted by molar-refractivity contribution is 5.98. The van der Waals surface area contributed by atoms with Crippen molar-refractivity contribution in [2.45, 2.75) is 142 Å². The highest BCUT2D eigenvalue weighted by Crippen LogP contribution is 2.30. The Morgan fingerprint density at radius 3 is 1.08 bits per heavy atom. The molecule has 0 aliphatic rings. The van der Waals surface area contributed by atoms with Gasteiger partial charge in [0, 0.05) is 6.07 Å². The van der Waals surface area contributed by atoms with E-state index in [9.17, 15) is 19.8 Å². The molecule has 0 amide bonds. The van der Waals surface area contributed by atoms with Gasteiger partial charge in [-0.3, -0.25) is 0 Å². The minimum absolute atomic E-state index is 0.138. The van der Waals surface area contributed by atoms with Crippen LogP contribution >= 0.6 is 0 Å². The van der Waals surface area contributed by atoms with E-state index in [0.29, 0.717) is 13.2 Å². The molecule has 0 heterocycles. The standard InChI is InChI=1S/C32H54O6/c1-3-5-7-9-11-13-15-17-19-21-23-37-29-26-30(28(32(35)36)25-27(29)31(33)34)38-24-22-20-18-16-14-12-10-8-6-4-2/h25-26H,3-24H2,1-2H3,(H,33,34)(H,35,36). The van der Waals surface area contributed by atoms with E-state index in [1.165, 1.54) is 96.0 Å². The topological polar surface area (TPSA) is 93.1 Å². The first kappa shape index (κ1) is 33.8. The Kier molecular flexibility index (Phi) is 20.2. The van der Waals surface area contributed by atoms with Crippen LogP contribution in [0.25, 0.3) is 0 Å². The average Bonchev–Trinajstić information content (AvgIpc) is 2.90. The van der Waals surface area contributed by atoms with Crippen molar-refractivity contribution in [2.75, 3.05) is 13.2 Å². The number of ether oxygens (including phenoxy) is 2. The number of unbranched alkanes of at least 4 members (excludes halogenated alkanes) is 18. The monoisotopic (exact) mass is 534 g/mol. The van der Waals surface area contributed by atoms with E-state index >= 15 is 0 Å². The summed E-state index contributed by atoms with van der Waals surface area (Å²) in [4.78, 5) is 23.5. The van der Waals surface area contributed by atoms with Gasteiger partial charge in [-0.2, -0.15) is 0 Å². The quantitative estimate of drug-likeness (QED) is 0.115. The van der Waals surface area contributed by atoms with Crippen LogP contribution in [0.15, 0.2) is 12.1 Å². The molecule has 6 nitrogen and oxygen atoms in total. The van der Waals surface area contributed by atoms with Gasteiger partial charge in [-0.15, -0.1) is 0 Å². The lowest BCUT2D eigenvalue weighted by molar-refractivity contribution is 0.0692. The Morgan fingerprint density at radius 2 is 0.789 bits per heavy atom. The van der Waals surface area contributed by atoms with Crippen LogP contribution in [-0.2, 0) is 0 Å². The zero-order chi connectivity index (χ0) is 27.8. The first-order valence-corrected chi connectivity index (χ1v) is 15.4. The Morgan fingerprint density at radius 1 is 0.500 bits per heavy atom. The maximum Gasteiger partial charge on any atom is 0.339 e. The fraction of sp³-hybridized carbons (Fsp3) is 0.750. The van der Waals surface area contributed by atoms with Crippen LogP contribution in [0.2, 0.25) is 0 Å². The van der Waals surface area contributed by atoms with E-state index < -0.39 is 11.9 Å². The molecule has 6 heteroatoms. The molecule has 0 aromatic heterocycles. The van der Waals surface area contributed by atoms with Crippen molar-refractivity contribution in [3.8, 4) is 11.5 Å². The van der Waals surface area contributed by atoms with Gasteiger partial charge >= 0.3 is 11.9 Å². The number of rotatable bonds is 26. The predicted molar refractivity (Wildman–Crippen MR) is 155 cm³/mol. The number of carbonyl (C=O) groups is 2. The molecule has 0 bridgehead atoms. The Balaban J connectivity index is 2.43. The second-order valence-electron chi connectivity index (χ2n) is 10.5. The molecule has 0 saturated heterocycles. The van der Waals surface area contributed by atoms with E-state index in [1.807, 2.05) is 0 Å². The van der Waals surface area contributed by atoms with Gasteiger partial charge in [0.25, 0.3) is 0 Å². The zero-order valence-electron chi connectivity index (χ0n) is 24.2. The Bertz CT molecular complexity index is 701.